The molecule has 1 fully saturated rings. The largest absolute Gasteiger partial charge is 0.394 e. The summed E-state index contributed by atoms with van der Waals surface area (Å²) in [6.07, 6.45) is 62.3. The van der Waals surface area contributed by atoms with Crippen LogP contribution in [-0.4, -0.2) is 110 Å². The summed E-state index contributed by atoms with van der Waals surface area (Å²) in [5, 5.41) is 76.4. The Balaban J connectivity index is 2.25. The van der Waals surface area contributed by atoms with Gasteiger partial charge < -0.3 is 50.5 Å². The molecular weight excluding hydrogens is 1000 g/mol. The molecule has 80 heavy (non-hydrogen) atoms. The lowest BCUT2D eigenvalue weighted by molar-refractivity contribution is -0.303. The normalized spacial score (nSPS) is 19.4. The highest BCUT2D eigenvalue weighted by atomic mass is 16.7. The number of aliphatic hydroxyl groups is 7. The predicted molar refractivity (Wildman–Crippen MR) is 335 cm³/mol. The summed E-state index contributed by atoms with van der Waals surface area (Å²) < 4.78 is 11.2. The molecule has 0 spiro atoms. The minimum Gasteiger partial charge on any atom is -0.394 e. The average molecular weight is 1130 g/mol. The first-order chi connectivity index (χ1) is 39.2. The Morgan fingerprint density at radius 1 is 0.425 bits per heavy atom. The number of ether oxygens (including phenoxy) is 2. The fourth-order valence-electron chi connectivity index (χ4n) is 11.1. The number of hydrogen-bond donors (Lipinski definition) is 8. The van der Waals surface area contributed by atoms with Gasteiger partial charge in [0.15, 0.2) is 6.29 Å². The Kier molecular flexibility index (Phi) is 55.1. The zero-order valence-corrected chi connectivity index (χ0v) is 52.1. The van der Waals surface area contributed by atoms with Crippen molar-refractivity contribution < 1.29 is 50.0 Å². The summed E-state index contributed by atoms with van der Waals surface area (Å²) in [6, 6.07) is -1.19. The van der Waals surface area contributed by atoms with Crippen LogP contribution >= 0.6 is 0 Å². The topological polar surface area (TPSA) is 189 Å². The number of hydrogen-bond acceptors (Lipinski definition) is 10. The molecule has 0 bridgehead atoms. The first-order valence-corrected chi connectivity index (χ1v) is 34.4. The van der Waals surface area contributed by atoms with Gasteiger partial charge in [-0.05, 0) is 64.2 Å². The summed E-state index contributed by atoms with van der Waals surface area (Å²) in [7, 11) is 0. The molecule has 0 aromatic heterocycles. The van der Waals surface area contributed by atoms with Crippen LogP contribution in [0.4, 0.5) is 0 Å². The molecule has 11 heteroatoms. The maximum absolute atomic E-state index is 13.2. The van der Waals surface area contributed by atoms with E-state index >= 15 is 0 Å². The van der Waals surface area contributed by atoms with Crippen molar-refractivity contribution in [1.29, 1.82) is 0 Å². The van der Waals surface area contributed by atoms with Crippen LogP contribution in [0.1, 0.15) is 328 Å². The first kappa shape index (κ1) is 76.3. The zero-order chi connectivity index (χ0) is 58.2. The molecule has 1 aliphatic heterocycles. The van der Waals surface area contributed by atoms with Gasteiger partial charge >= 0.3 is 0 Å². The molecule has 11 nitrogen and oxygen atoms in total. The smallest absolute Gasteiger partial charge is 0.249 e. The van der Waals surface area contributed by atoms with Crippen LogP contribution in [-0.2, 0) is 14.3 Å². The lowest BCUT2D eigenvalue weighted by atomic mass is 9.98. The highest BCUT2D eigenvalue weighted by Gasteiger charge is 2.44. The summed E-state index contributed by atoms with van der Waals surface area (Å²) in [6.45, 7) is 3.49. The van der Waals surface area contributed by atoms with E-state index in [4.69, 9.17) is 9.47 Å². The van der Waals surface area contributed by atoms with Crippen molar-refractivity contribution in [3.63, 3.8) is 0 Å². The number of aliphatic hydroxyl groups excluding tert-OH is 7. The van der Waals surface area contributed by atoms with E-state index in [2.05, 4.69) is 55.6 Å². The maximum atomic E-state index is 13.2. The standard InChI is InChI=1S/C69H131NO10/c1-3-5-7-9-11-13-15-17-19-21-23-25-27-28-29-30-31-32-33-34-35-37-38-40-42-44-46-48-50-52-54-56-61(72)64(74)60(59-79-69-67(77)66(76)65(75)63(58-71)80-69)70-68(78)62(73)57-55-53-51-49-47-45-43-41-39-36-26-24-22-20-18-16-14-12-10-8-6-4-2/h34-35,40,42,48,50,60-67,69,71-77H,3-33,36-39,41,43-47,49,51-59H2,1-2H3,(H,70,78)/b35-34+,42-40+,50-48+. The summed E-state index contributed by atoms with van der Waals surface area (Å²) in [5.74, 6) is -0.707. The SMILES string of the molecule is CCCCCCCCCCCCCCCCCCCC/C=C/CC/C=C/CC/C=C/CCCC(O)C(O)C(COC1OC(CO)C(O)C(O)C1O)NC(=O)C(O)CCCCCCCCCCCCCCCCCCCCCCCC. The Hall–Kier alpha value is -1.67. The van der Waals surface area contributed by atoms with E-state index in [9.17, 15) is 40.5 Å². The van der Waals surface area contributed by atoms with Crippen LogP contribution in [0, 0.1) is 0 Å². The minimum atomic E-state index is -1.67. The van der Waals surface area contributed by atoms with E-state index in [0.717, 1.165) is 44.9 Å². The third-order valence-electron chi connectivity index (χ3n) is 16.7. The lowest BCUT2D eigenvalue weighted by Crippen LogP contribution is -2.60. The van der Waals surface area contributed by atoms with Crippen molar-refractivity contribution in [3.05, 3.63) is 36.5 Å². The van der Waals surface area contributed by atoms with Crippen LogP contribution in [0.25, 0.3) is 0 Å². The van der Waals surface area contributed by atoms with Crippen molar-refractivity contribution in [2.24, 2.45) is 0 Å². The zero-order valence-electron chi connectivity index (χ0n) is 52.1. The number of unbranched alkanes of at least 4 members (excludes halogenated alkanes) is 42. The minimum absolute atomic E-state index is 0.243. The quantitative estimate of drug-likeness (QED) is 0.0215. The number of nitrogens with one attached hydrogen (secondary N) is 1. The summed E-state index contributed by atoms with van der Waals surface area (Å²) in [4.78, 5) is 13.2. The van der Waals surface area contributed by atoms with Crippen LogP contribution in [0.5, 0.6) is 0 Å². The van der Waals surface area contributed by atoms with E-state index in [1.54, 1.807) is 0 Å². The Morgan fingerprint density at radius 2 is 0.750 bits per heavy atom. The van der Waals surface area contributed by atoms with Gasteiger partial charge in [0.1, 0.15) is 36.6 Å². The van der Waals surface area contributed by atoms with Gasteiger partial charge in [0, 0.05) is 0 Å². The van der Waals surface area contributed by atoms with E-state index in [0.29, 0.717) is 19.3 Å². The average Bonchev–Trinajstić information content (AvgIpc) is 3.47. The second-order valence-corrected chi connectivity index (χ2v) is 24.2. The maximum Gasteiger partial charge on any atom is 0.249 e. The molecule has 0 saturated carbocycles. The molecule has 9 atom stereocenters. The molecule has 8 N–H and O–H groups in total. The van der Waals surface area contributed by atoms with E-state index in [-0.39, 0.29) is 12.8 Å². The highest BCUT2D eigenvalue weighted by molar-refractivity contribution is 5.80. The fourth-order valence-corrected chi connectivity index (χ4v) is 11.1. The van der Waals surface area contributed by atoms with E-state index < -0.39 is 74.2 Å². The number of carbonyl (C=O) groups is 1. The van der Waals surface area contributed by atoms with Crippen LogP contribution in [0.2, 0.25) is 0 Å². The van der Waals surface area contributed by atoms with Crippen LogP contribution < -0.4 is 5.32 Å². The van der Waals surface area contributed by atoms with Crippen molar-refractivity contribution in [2.75, 3.05) is 13.2 Å². The number of amides is 1. The van der Waals surface area contributed by atoms with Crippen molar-refractivity contribution in [1.82, 2.24) is 5.32 Å². The van der Waals surface area contributed by atoms with Gasteiger partial charge in [0.25, 0.3) is 0 Å². The molecule has 0 aliphatic carbocycles. The third kappa shape index (κ3) is 44.8. The molecule has 0 radical (unpaired) electrons. The van der Waals surface area contributed by atoms with Gasteiger partial charge in [-0.15, -0.1) is 0 Å². The van der Waals surface area contributed by atoms with E-state index in [1.165, 1.54) is 238 Å². The van der Waals surface area contributed by atoms with Gasteiger partial charge in [-0.3, -0.25) is 4.79 Å². The Labute approximate surface area is 492 Å². The molecule has 0 aromatic rings. The second-order valence-electron chi connectivity index (χ2n) is 24.2. The molecule has 1 heterocycles. The van der Waals surface area contributed by atoms with Gasteiger partial charge in [0.2, 0.25) is 5.91 Å². The van der Waals surface area contributed by atoms with Gasteiger partial charge in [-0.1, -0.05) is 301 Å². The Morgan fingerprint density at radius 3 is 1.11 bits per heavy atom. The monoisotopic (exact) mass is 1130 g/mol. The van der Waals surface area contributed by atoms with E-state index in [1.807, 2.05) is 0 Å². The second kappa shape index (κ2) is 57.7. The first-order valence-electron chi connectivity index (χ1n) is 34.4. The Bertz CT molecular complexity index is 1390. The number of carbonyl (C=O) groups excluding carboxylic acids is 1. The van der Waals surface area contributed by atoms with Crippen LogP contribution in [0.15, 0.2) is 36.5 Å². The molecule has 1 aliphatic rings. The van der Waals surface area contributed by atoms with Crippen molar-refractivity contribution >= 4 is 5.91 Å². The highest BCUT2D eigenvalue weighted by Crippen LogP contribution is 2.24. The molecule has 472 valence electrons. The van der Waals surface area contributed by atoms with Gasteiger partial charge in [-0.25, -0.2) is 0 Å². The van der Waals surface area contributed by atoms with Gasteiger partial charge in [-0.2, -0.15) is 0 Å². The third-order valence-corrected chi connectivity index (χ3v) is 16.7. The summed E-state index contributed by atoms with van der Waals surface area (Å²) in [5.41, 5.74) is 0. The lowest BCUT2D eigenvalue weighted by Gasteiger charge is -2.40. The predicted octanol–water partition coefficient (Wildman–Crippen LogP) is 16.2. The van der Waals surface area contributed by atoms with Crippen molar-refractivity contribution in [2.45, 2.75) is 384 Å². The molecular formula is C69H131NO10. The van der Waals surface area contributed by atoms with Gasteiger partial charge in [0.05, 0.1) is 25.4 Å². The van der Waals surface area contributed by atoms with Crippen molar-refractivity contribution in [3.8, 4) is 0 Å². The molecule has 1 saturated heterocycles. The molecule has 9 unspecified atom stereocenters. The van der Waals surface area contributed by atoms with Crippen LogP contribution in [0.3, 0.4) is 0 Å². The molecule has 0 aromatic carbocycles. The molecule has 1 amide bonds. The number of allylic oxidation sites excluding steroid dienone is 6. The number of rotatable bonds is 60. The fraction of sp³-hybridized carbons (Fsp3) is 0.899. The molecule has 1 rings (SSSR count). The summed E-state index contributed by atoms with van der Waals surface area (Å²) >= 11 is 0.